The summed E-state index contributed by atoms with van der Waals surface area (Å²) >= 11 is 7.63. The third-order valence-electron chi connectivity index (χ3n) is 5.72. The van der Waals surface area contributed by atoms with Crippen molar-refractivity contribution in [2.24, 2.45) is 0 Å². The van der Waals surface area contributed by atoms with Crippen molar-refractivity contribution in [3.63, 3.8) is 0 Å². The van der Waals surface area contributed by atoms with Crippen molar-refractivity contribution in [1.82, 2.24) is 20.1 Å². The van der Waals surface area contributed by atoms with Crippen LogP contribution in [0.15, 0.2) is 42.5 Å². The van der Waals surface area contributed by atoms with E-state index in [4.69, 9.17) is 16.6 Å². The van der Waals surface area contributed by atoms with Gasteiger partial charge < -0.3 is 5.32 Å². The van der Waals surface area contributed by atoms with E-state index >= 15 is 0 Å². The van der Waals surface area contributed by atoms with Gasteiger partial charge in [0.1, 0.15) is 5.82 Å². The molecule has 5 nitrogen and oxygen atoms in total. The molecule has 1 amide bonds. The zero-order chi connectivity index (χ0) is 22.1. The third-order valence-corrected chi connectivity index (χ3v) is 7.17. The highest BCUT2D eigenvalue weighted by Crippen LogP contribution is 2.27. The van der Waals surface area contributed by atoms with E-state index in [-0.39, 0.29) is 12.5 Å². The lowest BCUT2D eigenvalue weighted by molar-refractivity contribution is 0.0950. The van der Waals surface area contributed by atoms with E-state index in [0.29, 0.717) is 29.2 Å². The topological polar surface area (TPSA) is 59.8 Å². The molecular weight excluding hydrogens is 447 g/mol. The van der Waals surface area contributed by atoms with Gasteiger partial charge in [0, 0.05) is 33.8 Å². The van der Waals surface area contributed by atoms with Crippen molar-refractivity contribution in [3.05, 3.63) is 80.1 Å². The average molecular weight is 469 g/mol. The van der Waals surface area contributed by atoms with Crippen molar-refractivity contribution in [1.29, 1.82) is 0 Å². The van der Waals surface area contributed by atoms with Crippen molar-refractivity contribution in [2.75, 3.05) is 6.54 Å². The number of hydrogen-bond acceptors (Lipinski definition) is 4. The smallest absolute Gasteiger partial charge is 0.272 e. The van der Waals surface area contributed by atoms with Crippen LogP contribution in [0.5, 0.6) is 0 Å². The van der Waals surface area contributed by atoms with E-state index in [1.807, 2.05) is 24.3 Å². The summed E-state index contributed by atoms with van der Waals surface area (Å²) in [5.74, 6) is -0.632. The number of nitrogens with zero attached hydrogens (tertiary/aromatic N) is 3. The minimum Gasteiger partial charge on any atom is -0.350 e. The van der Waals surface area contributed by atoms with Gasteiger partial charge in [0.05, 0.1) is 22.8 Å². The van der Waals surface area contributed by atoms with Crippen molar-refractivity contribution in [2.45, 2.75) is 38.6 Å². The summed E-state index contributed by atoms with van der Waals surface area (Å²) in [6.07, 6.45) is 5.34. The number of aryl methyl sites for hydroxylation is 2. The van der Waals surface area contributed by atoms with E-state index in [0.717, 1.165) is 28.8 Å². The molecule has 0 spiro atoms. The first kappa shape index (κ1) is 21.1. The van der Waals surface area contributed by atoms with Crippen LogP contribution in [0.4, 0.5) is 4.39 Å². The Hall–Kier alpha value is -2.77. The second-order valence-electron chi connectivity index (χ2n) is 7.95. The molecule has 8 heteroatoms. The molecule has 0 aliphatic heterocycles. The fourth-order valence-corrected chi connectivity index (χ4v) is 5.42. The first-order chi connectivity index (χ1) is 15.6. The molecule has 32 heavy (non-hydrogen) atoms. The standard InChI is InChI=1S/C24H22ClFN4OS/c25-16-10-9-15(18(26)13-16)14-30-20-7-3-1-5-17(20)23(29-30)24(31)27-12-11-22-28-19-6-2-4-8-21(19)32-22/h1,3,5,7,9-10,13H,2,4,6,8,11-12,14H2,(H,27,31). The molecule has 0 radical (unpaired) electrons. The Labute approximate surface area is 194 Å². The molecule has 0 unspecified atom stereocenters. The molecule has 0 atom stereocenters. The number of thiazole rings is 1. The lowest BCUT2D eigenvalue weighted by Gasteiger charge is -2.06. The monoisotopic (exact) mass is 468 g/mol. The van der Waals surface area contributed by atoms with Gasteiger partial charge in [-0.25, -0.2) is 9.37 Å². The van der Waals surface area contributed by atoms with Crippen LogP contribution in [0.2, 0.25) is 5.02 Å². The molecule has 1 N–H and O–H groups in total. The fourth-order valence-electron chi connectivity index (χ4n) is 4.11. The SMILES string of the molecule is O=C(NCCc1nc2c(s1)CCCC2)c1nn(Cc2ccc(Cl)cc2F)c2ccccc12. The molecule has 0 fully saturated rings. The second-order valence-corrected chi connectivity index (χ2v) is 9.55. The number of carbonyl (C=O) groups is 1. The number of fused-ring (bicyclic) bond motifs is 2. The number of aromatic nitrogens is 3. The van der Waals surface area contributed by atoms with Crippen LogP contribution in [0.3, 0.4) is 0 Å². The molecule has 2 aromatic carbocycles. The Balaban J connectivity index is 1.32. The number of carbonyl (C=O) groups excluding carboxylic acids is 1. The molecule has 164 valence electrons. The number of hydrogen-bond donors (Lipinski definition) is 1. The first-order valence-electron chi connectivity index (χ1n) is 10.7. The van der Waals surface area contributed by atoms with Crippen LogP contribution in [0.1, 0.15) is 44.5 Å². The van der Waals surface area contributed by atoms with Gasteiger partial charge in [0.25, 0.3) is 5.91 Å². The van der Waals surface area contributed by atoms with Crippen molar-refractivity contribution in [3.8, 4) is 0 Å². The quantitative estimate of drug-likeness (QED) is 0.424. The molecule has 0 saturated heterocycles. The number of amides is 1. The van der Waals surface area contributed by atoms with Crippen LogP contribution >= 0.6 is 22.9 Å². The van der Waals surface area contributed by atoms with Crippen LogP contribution in [0.25, 0.3) is 10.9 Å². The van der Waals surface area contributed by atoms with Crippen molar-refractivity contribution < 1.29 is 9.18 Å². The number of halogens is 2. The average Bonchev–Trinajstić information content (AvgIpc) is 3.37. The van der Waals surface area contributed by atoms with Gasteiger partial charge >= 0.3 is 0 Å². The predicted molar refractivity (Wildman–Crippen MR) is 125 cm³/mol. The molecule has 5 rings (SSSR count). The Morgan fingerprint density at radius 1 is 1.19 bits per heavy atom. The minimum absolute atomic E-state index is 0.210. The lowest BCUT2D eigenvalue weighted by atomic mass is 10.0. The first-order valence-corrected chi connectivity index (χ1v) is 11.9. The minimum atomic E-state index is -0.394. The molecule has 0 saturated carbocycles. The van der Waals surface area contributed by atoms with Crippen LogP contribution in [-0.4, -0.2) is 27.2 Å². The Morgan fingerprint density at radius 2 is 2.03 bits per heavy atom. The van der Waals surface area contributed by atoms with E-state index < -0.39 is 5.82 Å². The van der Waals surface area contributed by atoms with Gasteiger partial charge in [0.15, 0.2) is 5.69 Å². The maximum Gasteiger partial charge on any atom is 0.272 e. The molecule has 0 bridgehead atoms. The normalized spacial score (nSPS) is 13.3. The number of rotatable bonds is 6. The highest BCUT2D eigenvalue weighted by molar-refractivity contribution is 7.11. The van der Waals surface area contributed by atoms with E-state index in [1.54, 1.807) is 28.2 Å². The maximum atomic E-state index is 14.3. The van der Waals surface area contributed by atoms with Gasteiger partial charge in [-0.3, -0.25) is 9.48 Å². The van der Waals surface area contributed by atoms with E-state index in [1.165, 1.54) is 29.5 Å². The van der Waals surface area contributed by atoms with Gasteiger partial charge in [-0.1, -0.05) is 35.9 Å². The Morgan fingerprint density at radius 3 is 2.88 bits per heavy atom. The number of para-hydroxylation sites is 1. The molecule has 4 aromatic rings. The summed E-state index contributed by atoms with van der Waals surface area (Å²) < 4.78 is 16.0. The molecule has 2 heterocycles. The highest BCUT2D eigenvalue weighted by atomic mass is 35.5. The molecule has 1 aliphatic rings. The summed E-state index contributed by atoms with van der Waals surface area (Å²) in [6.45, 7) is 0.708. The third kappa shape index (κ3) is 4.27. The fraction of sp³-hybridized carbons (Fsp3) is 0.292. The Kier molecular flexibility index (Phi) is 5.93. The zero-order valence-corrected chi connectivity index (χ0v) is 19.0. The van der Waals surface area contributed by atoms with Gasteiger partial charge in [-0.05, 0) is 43.9 Å². The molecule has 1 aliphatic carbocycles. The summed E-state index contributed by atoms with van der Waals surface area (Å²) in [5.41, 5.74) is 2.82. The number of benzene rings is 2. The summed E-state index contributed by atoms with van der Waals surface area (Å²) in [4.78, 5) is 19.1. The van der Waals surface area contributed by atoms with Crippen molar-refractivity contribution >= 4 is 39.7 Å². The predicted octanol–water partition coefficient (Wildman–Crippen LogP) is 5.18. The van der Waals surface area contributed by atoms with Gasteiger partial charge in [0.2, 0.25) is 0 Å². The van der Waals surface area contributed by atoms with Gasteiger partial charge in [-0.2, -0.15) is 5.10 Å². The van der Waals surface area contributed by atoms with Crippen LogP contribution in [-0.2, 0) is 25.8 Å². The van der Waals surface area contributed by atoms with E-state index in [9.17, 15) is 9.18 Å². The summed E-state index contributed by atoms with van der Waals surface area (Å²) in [6, 6.07) is 12.1. The highest BCUT2D eigenvalue weighted by Gasteiger charge is 2.19. The summed E-state index contributed by atoms with van der Waals surface area (Å²) in [7, 11) is 0. The maximum absolute atomic E-state index is 14.3. The molecule has 2 aromatic heterocycles. The second kappa shape index (κ2) is 9.00. The summed E-state index contributed by atoms with van der Waals surface area (Å²) in [5, 5.41) is 9.65. The Bertz CT molecular complexity index is 1280. The molecular formula is C24H22ClFN4OS. The van der Waals surface area contributed by atoms with E-state index in [2.05, 4.69) is 10.4 Å². The lowest BCUT2D eigenvalue weighted by Crippen LogP contribution is -2.26. The zero-order valence-electron chi connectivity index (χ0n) is 17.4. The largest absolute Gasteiger partial charge is 0.350 e. The van der Waals surface area contributed by atoms with Crippen LogP contribution in [0, 0.1) is 5.82 Å². The van der Waals surface area contributed by atoms with Crippen LogP contribution < -0.4 is 5.32 Å². The van der Waals surface area contributed by atoms with Gasteiger partial charge in [-0.15, -0.1) is 11.3 Å². The number of nitrogens with one attached hydrogen (secondary N) is 1.